The highest BCUT2D eigenvalue weighted by molar-refractivity contribution is 7.90. The summed E-state index contributed by atoms with van der Waals surface area (Å²) in [6, 6.07) is 0. The summed E-state index contributed by atoms with van der Waals surface area (Å²) in [5.74, 6) is -1.41. The molecule has 0 aliphatic heterocycles. The van der Waals surface area contributed by atoms with E-state index in [-0.39, 0.29) is 17.3 Å². The summed E-state index contributed by atoms with van der Waals surface area (Å²) >= 11 is 0. The highest BCUT2D eigenvalue weighted by atomic mass is 32.2. The van der Waals surface area contributed by atoms with Crippen LogP contribution in [0, 0.1) is 0 Å². The molecule has 0 unspecified atom stereocenters. The van der Waals surface area contributed by atoms with Crippen molar-refractivity contribution in [2.45, 2.75) is 26.1 Å². The minimum atomic E-state index is -3.17. The number of sulfone groups is 1. The molecule has 0 aliphatic rings. The Morgan fingerprint density at radius 2 is 2.12 bits per heavy atom. The summed E-state index contributed by atoms with van der Waals surface area (Å²) in [5, 5.41) is 8.83. The maximum Gasteiger partial charge on any atom is 0.372 e. The molecule has 1 heterocycles. The van der Waals surface area contributed by atoms with E-state index in [0.717, 1.165) is 0 Å². The second-order valence-electron chi connectivity index (χ2n) is 3.30. The van der Waals surface area contributed by atoms with Gasteiger partial charge in [-0.2, -0.15) is 0 Å². The van der Waals surface area contributed by atoms with Crippen LogP contribution in [0.1, 0.15) is 30.2 Å². The van der Waals surface area contributed by atoms with Crippen LogP contribution in [0.2, 0.25) is 0 Å². The molecule has 1 aromatic rings. The van der Waals surface area contributed by atoms with Crippen molar-refractivity contribution in [3.05, 3.63) is 17.7 Å². The van der Waals surface area contributed by atoms with Gasteiger partial charge in [0.2, 0.25) is 5.82 Å². The molecule has 0 radical (unpaired) electrons. The van der Waals surface area contributed by atoms with Gasteiger partial charge in [-0.1, -0.05) is 6.92 Å². The number of nitrogens with zero attached hydrogens (tertiary/aromatic N) is 2. The molecule has 7 heteroatoms. The van der Waals surface area contributed by atoms with E-state index in [9.17, 15) is 13.2 Å². The van der Waals surface area contributed by atoms with Crippen LogP contribution in [-0.4, -0.2) is 34.8 Å². The Kier molecular flexibility index (Phi) is 3.69. The van der Waals surface area contributed by atoms with E-state index < -0.39 is 15.8 Å². The third-order valence-corrected chi connectivity index (χ3v) is 3.87. The molecule has 0 bridgehead atoms. The van der Waals surface area contributed by atoms with Gasteiger partial charge < -0.3 is 9.67 Å². The molecule has 0 spiro atoms. The van der Waals surface area contributed by atoms with Crippen molar-refractivity contribution >= 4 is 15.8 Å². The molecular formula is C9H14N2O4S. The first-order valence-electron chi connectivity index (χ1n) is 4.89. The molecule has 0 fully saturated rings. The first-order chi connectivity index (χ1) is 7.41. The molecule has 0 aromatic carbocycles. The Hall–Kier alpha value is -1.37. The molecule has 16 heavy (non-hydrogen) atoms. The second kappa shape index (κ2) is 4.65. The summed E-state index contributed by atoms with van der Waals surface area (Å²) in [4.78, 5) is 14.5. The fraction of sp³-hybridized carbons (Fsp3) is 0.556. The van der Waals surface area contributed by atoms with Crippen LogP contribution in [0.4, 0.5) is 0 Å². The fourth-order valence-electron chi connectivity index (χ4n) is 1.38. The summed E-state index contributed by atoms with van der Waals surface area (Å²) in [6.45, 7) is 3.69. The smallest absolute Gasteiger partial charge is 0.372 e. The maximum atomic E-state index is 11.4. The standard InChI is InChI=1S/C9H14N2O4S/c1-3-11-7(6-16(14,15)4-2)5-10-8(11)9(12)13/h5H,3-4,6H2,1-2H3,(H,12,13). The number of imidazole rings is 1. The Morgan fingerprint density at radius 3 is 2.56 bits per heavy atom. The number of carboxylic acid groups (broad SMARTS) is 1. The van der Waals surface area contributed by atoms with Crippen molar-refractivity contribution in [3.8, 4) is 0 Å². The number of aromatic nitrogens is 2. The van der Waals surface area contributed by atoms with Crippen molar-refractivity contribution in [2.75, 3.05) is 5.75 Å². The number of rotatable bonds is 5. The third kappa shape index (κ3) is 2.60. The Labute approximate surface area is 93.8 Å². The monoisotopic (exact) mass is 246 g/mol. The van der Waals surface area contributed by atoms with Crippen LogP contribution < -0.4 is 0 Å². The number of aromatic carboxylic acids is 1. The van der Waals surface area contributed by atoms with Crippen LogP contribution in [0.25, 0.3) is 0 Å². The van der Waals surface area contributed by atoms with Crippen molar-refractivity contribution in [1.82, 2.24) is 9.55 Å². The van der Waals surface area contributed by atoms with Crippen molar-refractivity contribution in [2.24, 2.45) is 0 Å². The first kappa shape index (κ1) is 12.7. The molecule has 0 saturated carbocycles. The van der Waals surface area contributed by atoms with Gasteiger partial charge in [0.05, 0.1) is 17.6 Å². The second-order valence-corrected chi connectivity index (χ2v) is 5.65. The van der Waals surface area contributed by atoms with E-state index in [1.165, 1.54) is 10.8 Å². The lowest BCUT2D eigenvalue weighted by Crippen LogP contribution is -2.14. The summed E-state index contributed by atoms with van der Waals surface area (Å²) in [6.07, 6.45) is 1.31. The normalized spacial score (nSPS) is 11.6. The fourth-order valence-corrected chi connectivity index (χ4v) is 2.26. The molecule has 0 atom stereocenters. The van der Waals surface area contributed by atoms with Gasteiger partial charge in [0, 0.05) is 12.3 Å². The predicted octanol–water partition coefficient (Wildman–Crippen LogP) is 0.536. The average Bonchev–Trinajstić information content (AvgIpc) is 2.60. The molecule has 1 N–H and O–H groups in total. The van der Waals surface area contributed by atoms with Gasteiger partial charge in [0.1, 0.15) is 0 Å². The largest absolute Gasteiger partial charge is 0.475 e. The van der Waals surface area contributed by atoms with Gasteiger partial charge in [0.15, 0.2) is 9.84 Å². The third-order valence-electron chi connectivity index (χ3n) is 2.25. The van der Waals surface area contributed by atoms with E-state index in [1.807, 2.05) is 0 Å². The molecule has 90 valence electrons. The zero-order valence-electron chi connectivity index (χ0n) is 9.17. The predicted molar refractivity (Wildman–Crippen MR) is 58.0 cm³/mol. The Morgan fingerprint density at radius 1 is 1.50 bits per heavy atom. The van der Waals surface area contributed by atoms with Gasteiger partial charge in [-0.3, -0.25) is 0 Å². The van der Waals surface area contributed by atoms with E-state index in [0.29, 0.717) is 12.2 Å². The minimum absolute atomic E-state index is 0.0320. The number of hydrogen-bond acceptors (Lipinski definition) is 4. The summed E-state index contributed by atoms with van der Waals surface area (Å²) in [5.41, 5.74) is 0.418. The van der Waals surface area contributed by atoms with E-state index in [4.69, 9.17) is 5.11 Å². The average molecular weight is 246 g/mol. The quantitative estimate of drug-likeness (QED) is 0.818. The lowest BCUT2D eigenvalue weighted by atomic mass is 10.5. The Balaban J connectivity index is 3.12. The van der Waals surface area contributed by atoms with Crippen molar-refractivity contribution < 1.29 is 18.3 Å². The minimum Gasteiger partial charge on any atom is -0.475 e. The van der Waals surface area contributed by atoms with Gasteiger partial charge in [-0.05, 0) is 6.92 Å². The lowest BCUT2D eigenvalue weighted by Gasteiger charge is -2.06. The van der Waals surface area contributed by atoms with Gasteiger partial charge in [0.25, 0.3) is 0 Å². The van der Waals surface area contributed by atoms with Gasteiger partial charge in [-0.15, -0.1) is 0 Å². The van der Waals surface area contributed by atoms with Crippen molar-refractivity contribution in [3.63, 3.8) is 0 Å². The van der Waals surface area contributed by atoms with Gasteiger partial charge >= 0.3 is 5.97 Å². The number of carboxylic acids is 1. The van der Waals surface area contributed by atoms with E-state index in [2.05, 4.69) is 4.98 Å². The number of carbonyl (C=O) groups is 1. The van der Waals surface area contributed by atoms with E-state index in [1.54, 1.807) is 13.8 Å². The molecule has 0 saturated heterocycles. The Bertz CT molecular complexity index is 490. The molecule has 1 aromatic heterocycles. The highest BCUT2D eigenvalue weighted by Crippen LogP contribution is 2.10. The molecule has 6 nitrogen and oxygen atoms in total. The van der Waals surface area contributed by atoms with Crippen LogP contribution in [0.3, 0.4) is 0 Å². The van der Waals surface area contributed by atoms with Crippen LogP contribution >= 0.6 is 0 Å². The topological polar surface area (TPSA) is 89.3 Å². The van der Waals surface area contributed by atoms with Crippen LogP contribution in [0.15, 0.2) is 6.20 Å². The van der Waals surface area contributed by atoms with Gasteiger partial charge in [-0.25, -0.2) is 18.2 Å². The zero-order valence-corrected chi connectivity index (χ0v) is 9.99. The van der Waals surface area contributed by atoms with Crippen LogP contribution in [-0.2, 0) is 22.1 Å². The number of hydrogen-bond donors (Lipinski definition) is 1. The molecule has 0 amide bonds. The lowest BCUT2D eigenvalue weighted by molar-refractivity contribution is 0.0678. The highest BCUT2D eigenvalue weighted by Gasteiger charge is 2.18. The summed E-state index contributed by atoms with van der Waals surface area (Å²) in [7, 11) is -3.17. The molecule has 0 aliphatic carbocycles. The molecular weight excluding hydrogens is 232 g/mol. The van der Waals surface area contributed by atoms with Crippen molar-refractivity contribution in [1.29, 1.82) is 0 Å². The summed E-state index contributed by atoms with van der Waals surface area (Å²) < 4.78 is 24.3. The van der Waals surface area contributed by atoms with Crippen LogP contribution in [0.5, 0.6) is 0 Å². The van der Waals surface area contributed by atoms with E-state index >= 15 is 0 Å². The first-order valence-corrected chi connectivity index (χ1v) is 6.71. The zero-order chi connectivity index (χ0) is 12.3. The molecule has 1 rings (SSSR count). The SMILES string of the molecule is CCn1c(CS(=O)(=O)CC)cnc1C(=O)O. The maximum absolute atomic E-state index is 11.4.